The minimum Gasteiger partial charge on any atom is -0.379 e. The van der Waals surface area contributed by atoms with Crippen molar-refractivity contribution >= 4 is 43.2 Å². The molecule has 2 aromatic carbocycles. The molecule has 9 heteroatoms. The van der Waals surface area contributed by atoms with E-state index in [0.717, 1.165) is 15.7 Å². The Hall–Kier alpha value is -1.94. The SMILES string of the molecule is Cc1cc(Br)ccc1NCC(=O)Nc1ccc(C)c(S(=O)(=O)N2CCOCC2)c1. The molecule has 0 aromatic heterocycles. The van der Waals surface area contributed by atoms with E-state index in [1.165, 1.54) is 10.4 Å². The lowest BCUT2D eigenvalue weighted by Crippen LogP contribution is -2.40. The number of rotatable bonds is 6. The van der Waals surface area contributed by atoms with Crippen LogP contribution in [0.25, 0.3) is 0 Å². The van der Waals surface area contributed by atoms with Crippen LogP contribution in [0.3, 0.4) is 0 Å². The van der Waals surface area contributed by atoms with Gasteiger partial charge < -0.3 is 15.4 Å². The average Bonchev–Trinajstić information content (AvgIpc) is 2.69. The van der Waals surface area contributed by atoms with Crippen molar-refractivity contribution in [3.05, 3.63) is 52.0 Å². The Morgan fingerprint density at radius 3 is 2.52 bits per heavy atom. The number of hydrogen-bond donors (Lipinski definition) is 2. The number of benzene rings is 2. The van der Waals surface area contributed by atoms with Crippen molar-refractivity contribution in [1.29, 1.82) is 0 Å². The molecule has 1 aliphatic heterocycles. The predicted octanol–water partition coefficient (Wildman–Crippen LogP) is 3.14. The van der Waals surface area contributed by atoms with Crippen molar-refractivity contribution in [2.75, 3.05) is 43.5 Å². The first-order valence-electron chi connectivity index (χ1n) is 9.26. The van der Waals surface area contributed by atoms with Crippen LogP contribution in [0.2, 0.25) is 0 Å². The number of carbonyl (C=O) groups is 1. The Kier molecular flexibility index (Phi) is 6.94. The predicted molar refractivity (Wildman–Crippen MR) is 117 cm³/mol. The molecule has 0 bridgehead atoms. The van der Waals surface area contributed by atoms with Crippen molar-refractivity contribution in [1.82, 2.24) is 4.31 Å². The summed E-state index contributed by atoms with van der Waals surface area (Å²) in [6.07, 6.45) is 0. The van der Waals surface area contributed by atoms with Crippen molar-refractivity contribution in [2.24, 2.45) is 0 Å². The van der Waals surface area contributed by atoms with Gasteiger partial charge >= 0.3 is 0 Å². The summed E-state index contributed by atoms with van der Waals surface area (Å²) in [5.41, 5.74) is 2.96. The van der Waals surface area contributed by atoms with E-state index >= 15 is 0 Å². The summed E-state index contributed by atoms with van der Waals surface area (Å²) in [7, 11) is -3.63. The van der Waals surface area contributed by atoms with Gasteiger partial charge in [0.1, 0.15) is 0 Å². The van der Waals surface area contributed by atoms with Gasteiger partial charge in [0.25, 0.3) is 0 Å². The molecule has 2 aromatic rings. The minimum atomic E-state index is -3.63. The number of anilines is 2. The molecule has 0 aliphatic carbocycles. The first-order chi connectivity index (χ1) is 13.8. The van der Waals surface area contributed by atoms with Gasteiger partial charge in [-0.1, -0.05) is 22.0 Å². The number of aryl methyl sites for hydroxylation is 2. The second-order valence-electron chi connectivity index (χ2n) is 6.86. The molecule has 0 unspecified atom stereocenters. The fraction of sp³-hybridized carbons (Fsp3) is 0.350. The summed E-state index contributed by atoms with van der Waals surface area (Å²) < 4.78 is 33.6. The van der Waals surface area contributed by atoms with E-state index in [1.54, 1.807) is 19.1 Å². The van der Waals surface area contributed by atoms with E-state index < -0.39 is 10.0 Å². The van der Waals surface area contributed by atoms with Gasteiger partial charge in [-0.25, -0.2) is 8.42 Å². The van der Waals surface area contributed by atoms with Crippen LogP contribution in [-0.2, 0) is 19.6 Å². The molecule has 1 heterocycles. The third-order valence-electron chi connectivity index (χ3n) is 4.69. The molecule has 29 heavy (non-hydrogen) atoms. The molecule has 1 aliphatic rings. The maximum Gasteiger partial charge on any atom is 0.243 e. The molecule has 2 N–H and O–H groups in total. The molecule has 0 spiro atoms. The maximum absolute atomic E-state index is 13.0. The lowest BCUT2D eigenvalue weighted by molar-refractivity contribution is -0.114. The minimum absolute atomic E-state index is 0.0713. The second-order valence-corrected chi connectivity index (χ2v) is 9.68. The number of halogens is 1. The highest BCUT2D eigenvalue weighted by Crippen LogP contribution is 2.24. The number of ether oxygens (including phenoxy) is 1. The van der Waals surface area contributed by atoms with Crippen LogP contribution in [0.1, 0.15) is 11.1 Å². The number of morpholine rings is 1. The zero-order valence-corrected chi connectivity index (χ0v) is 18.8. The summed E-state index contributed by atoms with van der Waals surface area (Å²) in [5, 5.41) is 5.86. The molecule has 156 valence electrons. The first-order valence-corrected chi connectivity index (χ1v) is 11.5. The van der Waals surface area contributed by atoms with Crippen LogP contribution < -0.4 is 10.6 Å². The maximum atomic E-state index is 13.0. The molecule has 1 fully saturated rings. The number of nitrogens with one attached hydrogen (secondary N) is 2. The highest BCUT2D eigenvalue weighted by atomic mass is 79.9. The van der Waals surface area contributed by atoms with Crippen molar-refractivity contribution in [3.8, 4) is 0 Å². The molecule has 1 amide bonds. The first kappa shape index (κ1) is 21.8. The van der Waals surface area contributed by atoms with Gasteiger partial charge in [-0.2, -0.15) is 4.31 Å². The Labute approximate surface area is 179 Å². The molecule has 3 rings (SSSR count). The van der Waals surface area contributed by atoms with Crippen LogP contribution in [0, 0.1) is 13.8 Å². The van der Waals surface area contributed by atoms with Crippen LogP contribution in [0.5, 0.6) is 0 Å². The van der Waals surface area contributed by atoms with Crippen LogP contribution >= 0.6 is 15.9 Å². The fourth-order valence-corrected chi connectivity index (χ4v) is 5.22. The van der Waals surface area contributed by atoms with E-state index in [4.69, 9.17) is 4.74 Å². The Morgan fingerprint density at radius 1 is 1.10 bits per heavy atom. The zero-order chi connectivity index (χ0) is 21.0. The standard InChI is InChI=1S/C20H24BrN3O4S/c1-14-3-5-17(12-19(14)29(26,27)24-7-9-28-10-8-24)23-20(25)13-22-18-6-4-16(21)11-15(18)2/h3-6,11-12,22H,7-10,13H2,1-2H3,(H,23,25). The largest absolute Gasteiger partial charge is 0.379 e. The summed E-state index contributed by atoms with van der Waals surface area (Å²) >= 11 is 3.41. The molecule has 1 saturated heterocycles. The second kappa shape index (κ2) is 9.25. The topological polar surface area (TPSA) is 87.7 Å². The molecular formula is C20H24BrN3O4S. The molecular weight excluding hydrogens is 458 g/mol. The van der Waals surface area contributed by atoms with Crippen molar-refractivity contribution in [2.45, 2.75) is 18.7 Å². The number of sulfonamides is 1. The zero-order valence-electron chi connectivity index (χ0n) is 16.4. The van der Waals surface area contributed by atoms with Gasteiger partial charge in [0.15, 0.2) is 0 Å². The monoisotopic (exact) mass is 481 g/mol. The van der Waals surface area contributed by atoms with E-state index in [1.807, 2.05) is 25.1 Å². The lowest BCUT2D eigenvalue weighted by Gasteiger charge is -2.26. The number of nitrogens with zero attached hydrogens (tertiary/aromatic N) is 1. The van der Waals surface area contributed by atoms with Crippen molar-refractivity contribution < 1.29 is 17.9 Å². The number of carbonyl (C=O) groups excluding carboxylic acids is 1. The normalized spacial score (nSPS) is 15.1. The van der Waals surface area contributed by atoms with E-state index in [0.29, 0.717) is 37.6 Å². The highest BCUT2D eigenvalue weighted by molar-refractivity contribution is 9.10. The molecule has 0 saturated carbocycles. The lowest BCUT2D eigenvalue weighted by atomic mass is 10.2. The highest BCUT2D eigenvalue weighted by Gasteiger charge is 2.28. The summed E-state index contributed by atoms with van der Waals surface area (Å²) in [4.78, 5) is 12.6. The van der Waals surface area contributed by atoms with Gasteiger partial charge in [-0.3, -0.25) is 4.79 Å². The van der Waals surface area contributed by atoms with E-state index in [-0.39, 0.29) is 17.3 Å². The van der Waals surface area contributed by atoms with Crippen LogP contribution in [-0.4, -0.2) is 51.5 Å². The smallest absolute Gasteiger partial charge is 0.243 e. The quantitative estimate of drug-likeness (QED) is 0.661. The Morgan fingerprint density at radius 2 is 1.83 bits per heavy atom. The van der Waals surface area contributed by atoms with E-state index in [2.05, 4.69) is 26.6 Å². The fourth-order valence-electron chi connectivity index (χ4n) is 3.09. The van der Waals surface area contributed by atoms with Gasteiger partial charge in [0.05, 0.1) is 24.7 Å². The summed E-state index contributed by atoms with van der Waals surface area (Å²) in [6.45, 7) is 5.20. The molecule has 0 atom stereocenters. The Balaban J connectivity index is 1.69. The van der Waals surface area contributed by atoms with Crippen molar-refractivity contribution in [3.63, 3.8) is 0 Å². The number of hydrogen-bond acceptors (Lipinski definition) is 5. The van der Waals surface area contributed by atoms with E-state index in [9.17, 15) is 13.2 Å². The summed E-state index contributed by atoms with van der Waals surface area (Å²) in [6, 6.07) is 10.7. The average molecular weight is 482 g/mol. The van der Waals surface area contributed by atoms with Gasteiger partial charge in [-0.15, -0.1) is 0 Å². The van der Waals surface area contributed by atoms with Crippen LogP contribution in [0.15, 0.2) is 45.8 Å². The van der Waals surface area contributed by atoms with Gasteiger partial charge in [0, 0.05) is 28.9 Å². The van der Waals surface area contributed by atoms with Crippen LogP contribution in [0.4, 0.5) is 11.4 Å². The van der Waals surface area contributed by atoms with Gasteiger partial charge in [0.2, 0.25) is 15.9 Å². The summed E-state index contributed by atoms with van der Waals surface area (Å²) in [5.74, 6) is -0.258. The number of amides is 1. The third-order valence-corrected chi connectivity index (χ3v) is 7.22. The molecule has 0 radical (unpaired) electrons. The third kappa shape index (κ3) is 5.36. The van der Waals surface area contributed by atoms with Gasteiger partial charge in [-0.05, 0) is 55.3 Å². The molecule has 7 nitrogen and oxygen atoms in total. The Bertz CT molecular complexity index is 1000.